The highest BCUT2D eigenvalue weighted by Gasteiger charge is 2.37. The van der Waals surface area contributed by atoms with Gasteiger partial charge in [-0.05, 0) is 139 Å². The Morgan fingerprint density at radius 1 is 0.244 bits per heavy atom. The summed E-state index contributed by atoms with van der Waals surface area (Å²) >= 11 is 0. The molecule has 0 saturated heterocycles. The average molecular weight is 1100 g/mol. The van der Waals surface area contributed by atoms with Crippen LogP contribution in [0.3, 0.4) is 0 Å². The minimum atomic E-state index is -0.219. The van der Waals surface area contributed by atoms with Crippen molar-refractivity contribution in [2.75, 3.05) is 0 Å². The molecule has 6 heterocycles. The summed E-state index contributed by atoms with van der Waals surface area (Å²) in [6.45, 7) is 9.59. The van der Waals surface area contributed by atoms with Gasteiger partial charge in [-0.2, -0.15) is 0 Å². The Hall–Kier alpha value is -10.8. The van der Waals surface area contributed by atoms with Gasteiger partial charge in [0, 0.05) is 59.8 Å². The molecule has 5 nitrogen and oxygen atoms in total. The molecule has 0 unspecified atom stereocenters. The highest BCUT2D eigenvalue weighted by molar-refractivity contribution is 6.25. The fourth-order valence-electron chi connectivity index (χ4n) is 14.9. The van der Waals surface area contributed by atoms with E-state index in [0.29, 0.717) is 17.5 Å². The van der Waals surface area contributed by atoms with Crippen LogP contribution in [0.1, 0.15) is 49.9 Å². The molecule has 12 aromatic carbocycles. The molecule has 0 atom stereocenters. The molecule has 0 bridgehead atoms. The second-order valence-corrected chi connectivity index (χ2v) is 24.8. The second-order valence-electron chi connectivity index (χ2n) is 24.8. The number of benzene rings is 12. The van der Waals surface area contributed by atoms with Crippen molar-refractivity contribution in [2.45, 2.75) is 38.5 Å². The zero-order valence-corrected chi connectivity index (χ0v) is 48.1. The van der Waals surface area contributed by atoms with Gasteiger partial charge in [-0.25, -0.2) is 15.0 Å². The average Bonchev–Trinajstić information content (AvgIpc) is 1.52. The first kappa shape index (κ1) is 48.7. The summed E-state index contributed by atoms with van der Waals surface area (Å²) in [5.74, 6) is 1.91. The third-order valence-corrected chi connectivity index (χ3v) is 19.2. The topological polar surface area (TPSA) is 48.0 Å². The molecular formula is C81H55N5. The molecule has 0 fully saturated rings. The number of aromatic nitrogens is 5. The van der Waals surface area contributed by atoms with E-state index < -0.39 is 0 Å². The maximum Gasteiger partial charge on any atom is 0.164 e. The molecule has 0 N–H and O–H groups in total. The first-order valence-corrected chi connectivity index (χ1v) is 29.9. The highest BCUT2D eigenvalue weighted by Crippen LogP contribution is 2.53. The van der Waals surface area contributed by atoms with Crippen molar-refractivity contribution < 1.29 is 0 Å². The van der Waals surface area contributed by atoms with Crippen molar-refractivity contribution in [3.8, 4) is 95.5 Å². The maximum atomic E-state index is 5.08. The van der Waals surface area contributed by atoms with E-state index in [1.807, 2.05) is 36.4 Å². The summed E-state index contributed by atoms with van der Waals surface area (Å²) in [4.78, 5) is 15.1. The van der Waals surface area contributed by atoms with Crippen LogP contribution in [0.5, 0.6) is 0 Å². The standard InChI is InChI=1S/C81H55N5/c1-80(2)67-31-16-29-62-61-26-11-12-33-71(61)85(74(62)67)72-39-38-56(46-69(72)80)52-22-13-23-53(40-52)58-42-57(48-34-36-51(37-35-48)79-83-77(49-18-7-5-8-19-49)82-78(84-79)50-20-9-6-10-21-50)43-59(44-58)54-24-14-25-55(41-54)60-45-66-65-28-15-27-63-64-30-17-32-68-75(64)86(73(63)65)76(66)70(47-60)81(68,3)4/h5-47H,1-4H3. The zero-order valence-electron chi connectivity index (χ0n) is 48.1. The van der Waals surface area contributed by atoms with Crippen LogP contribution in [0, 0.1) is 0 Å². The van der Waals surface area contributed by atoms with E-state index in [0.717, 1.165) is 50.1 Å². The van der Waals surface area contributed by atoms with Gasteiger partial charge in [0.2, 0.25) is 0 Å². The lowest BCUT2D eigenvalue weighted by Gasteiger charge is -2.35. The summed E-state index contributed by atoms with van der Waals surface area (Å²) in [7, 11) is 0. The van der Waals surface area contributed by atoms with Gasteiger partial charge in [0.05, 0.1) is 33.3 Å². The van der Waals surface area contributed by atoms with E-state index in [9.17, 15) is 0 Å². The summed E-state index contributed by atoms with van der Waals surface area (Å²) in [5.41, 5.74) is 27.2. The van der Waals surface area contributed by atoms with Gasteiger partial charge in [0.15, 0.2) is 17.5 Å². The monoisotopic (exact) mass is 1100 g/mol. The minimum absolute atomic E-state index is 0.200. The summed E-state index contributed by atoms with van der Waals surface area (Å²) in [6, 6.07) is 96.0. The Balaban J connectivity index is 0.777. The lowest BCUT2D eigenvalue weighted by molar-refractivity contribution is 0.630. The molecule has 0 radical (unpaired) electrons. The second kappa shape index (κ2) is 17.9. The van der Waals surface area contributed by atoms with Crippen LogP contribution in [0.15, 0.2) is 261 Å². The lowest BCUT2D eigenvalue weighted by atomic mass is 9.74. The van der Waals surface area contributed by atoms with Gasteiger partial charge in [0.25, 0.3) is 0 Å². The van der Waals surface area contributed by atoms with Crippen LogP contribution in [-0.4, -0.2) is 23.9 Å². The molecule has 2 aliphatic rings. The van der Waals surface area contributed by atoms with Gasteiger partial charge >= 0.3 is 0 Å². The molecule has 4 aromatic heterocycles. The molecular weight excluding hydrogens is 1040 g/mol. The fraction of sp³-hybridized carbons (Fsp3) is 0.0741. The summed E-state index contributed by atoms with van der Waals surface area (Å²) < 4.78 is 5.07. The third kappa shape index (κ3) is 7.03. The molecule has 18 rings (SSSR count). The van der Waals surface area contributed by atoms with Crippen LogP contribution in [0.4, 0.5) is 0 Å². The Kier molecular flexibility index (Phi) is 10.1. The zero-order chi connectivity index (χ0) is 57.2. The van der Waals surface area contributed by atoms with Crippen LogP contribution in [-0.2, 0) is 10.8 Å². The van der Waals surface area contributed by atoms with Crippen molar-refractivity contribution in [2.24, 2.45) is 0 Å². The van der Waals surface area contributed by atoms with Crippen molar-refractivity contribution in [3.63, 3.8) is 0 Å². The summed E-state index contributed by atoms with van der Waals surface area (Å²) in [5, 5.41) is 7.89. The van der Waals surface area contributed by atoms with Gasteiger partial charge in [-0.3, -0.25) is 0 Å². The minimum Gasteiger partial charge on any atom is -0.309 e. The largest absolute Gasteiger partial charge is 0.309 e. The van der Waals surface area contributed by atoms with Crippen molar-refractivity contribution in [3.05, 3.63) is 283 Å². The molecule has 0 spiro atoms. The van der Waals surface area contributed by atoms with Crippen molar-refractivity contribution in [1.82, 2.24) is 23.9 Å². The first-order chi connectivity index (χ1) is 42.1. The van der Waals surface area contributed by atoms with Crippen molar-refractivity contribution >= 4 is 59.9 Å². The van der Waals surface area contributed by atoms with Crippen LogP contribution >= 0.6 is 0 Å². The maximum absolute atomic E-state index is 5.08. The van der Waals surface area contributed by atoms with Crippen LogP contribution < -0.4 is 0 Å². The lowest BCUT2D eigenvalue weighted by Crippen LogP contribution is -2.26. The molecule has 2 aliphatic heterocycles. The number of hydrogen-bond acceptors (Lipinski definition) is 3. The Morgan fingerprint density at radius 3 is 1.23 bits per heavy atom. The number of fused-ring (bicyclic) bond motifs is 7. The molecule has 0 saturated carbocycles. The van der Waals surface area contributed by atoms with Gasteiger partial charge < -0.3 is 8.97 Å². The van der Waals surface area contributed by atoms with Crippen LogP contribution in [0.2, 0.25) is 0 Å². The number of para-hydroxylation sites is 4. The van der Waals surface area contributed by atoms with Crippen LogP contribution in [0.25, 0.3) is 155 Å². The highest BCUT2D eigenvalue weighted by atomic mass is 15.0. The predicted molar refractivity (Wildman–Crippen MR) is 357 cm³/mol. The normalized spacial score (nSPS) is 13.8. The Labute approximate surface area is 498 Å². The Morgan fingerprint density at radius 2 is 0.616 bits per heavy atom. The molecule has 0 amide bonds. The van der Waals surface area contributed by atoms with E-state index >= 15 is 0 Å². The number of rotatable bonds is 8. The molecule has 86 heavy (non-hydrogen) atoms. The third-order valence-electron chi connectivity index (χ3n) is 19.2. The molecule has 0 aliphatic carbocycles. The smallest absolute Gasteiger partial charge is 0.164 e. The van der Waals surface area contributed by atoms with Crippen molar-refractivity contribution in [1.29, 1.82) is 0 Å². The Bertz CT molecular complexity index is 5450. The quantitative estimate of drug-likeness (QED) is 0.152. The van der Waals surface area contributed by atoms with E-state index in [1.165, 1.54) is 110 Å². The molecule has 16 aromatic rings. The van der Waals surface area contributed by atoms with Gasteiger partial charge in [0.1, 0.15) is 0 Å². The van der Waals surface area contributed by atoms with E-state index in [4.69, 9.17) is 15.0 Å². The number of nitrogens with zero attached hydrogens (tertiary/aromatic N) is 5. The number of hydrogen-bond donors (Lipinski definition) is 0. The predicted octanol–water partition coefficient (Wildman–Crippen LogP) is 20.7. The van der Waals surface area contributed by atoms with Gasteiger partial charge in [-0.15, -0.1) is 0 Å². The van der Waals surface area contributed by atoms with E-state index in [2.05, 4.69) is 261 Å². The summed E-state index contributed by atoms with van der Waals surface area (Å²) in [6.07, 6.45) is 0. The SMILES string of the molecule is CC1(C)c2cc(-c3cccc(-c4cc(-c5ccc(-c6nc(-c7ccccc7)nc(-c7ccccc7)n6)cc5)cc(-c5cccc(-c6cc7c8c(c6)c6cccc9c%10cccc(c%10n8c96)C7(C)C)c5)c4)c3)ccc2-n2c3ccccc3c3cccc1c32. The van der Waals surface area contributed by atoms with Gasteiger partial charge in [-0.1, -0.05) is 228 Å². The first-order valence-electron chi connectivity index (χ1n) is 29.9. The van der Waals surface area contributed by atoms with E-state index in [-0.39, 0.29) is 10.8 Å². The fourth-order valence-corrected chi connectivity index (χ4v) is 14.9. The van der Waals surface area contributed by atoms with E-state index in [1.54, 1.807) is 0 Å². The molecule has 5 heteroatoms. The molecule has 404 valence electrons.